The van der Waals surface area contributed by atoms with Gasteiger partial charge in [0.1, 0.15) is 11.2 Å². The Balaban J connectivity index is 2.61. The number of aromatic nitrogens is 2. The lowest BCUT2D eigenvalue weighted by atomic mass is 9.92. The molecule has 0 atom stereocenters. The van der Waals surface area contributed by atoms with E-state index >= 15 is 0 Å². The highest BCUT2D eigenvalue weighted by Crippen LogP contribution is 2.29. The molecule has 20 heavy (non-hydrogen) atoms. The highest BCUT2D eigenvalue weighted by atomic mass is 79.9. The third kappa shape index (κ3) is 2.72. The number of carboxylic acids is 1. The van der Waals surface area contributed by atoms with Crippen LogP contribution in [0.15, 0.2) is 34.8 Å². The smallest absolute Gasteiger partial charge is 0.316 e. The molecular weight excluding hydrogens is 320 g/mol. The van der Waals surface area contributed by atoms with Crippen molar-refractivity contribution in [1.82, 2.24) is 9.97 Å². The van der Waals surface area contributed by atoms with Gasteiger partial charge in [-0.15, -0.1) is 0 Å². The SMILES string of the molecule is Cc1cc(-c2ccccc2Br)nc(C(C)(C)C(=O)O)n1. The summed E-state index contributed by atoms with van der Waals surface area (Å²) in [6.45, 7) is 5.05. The summed E-state index contributed by atoms with van der Waals surface area (Å²) in [6.07, 6.45) is 0. The van der Waals surface area contributed by atoms with Gasteiger partial charge in [0.15, 0.2) is 0 Å². The van der Waals surface area contributed by atoms with Crippen LogP contribution in [0.3, 0.4) is 0 Å². The van der Waals surface area contributed by atoms with Crippen LogP contribution in [-0.2, 0) is 10.2 Å². The topological polar surface area (TPSA) is 63.1 Å². The summed E-state index contributed by atoms with van der Waals surface area (Å²) in [4.78, 5) is 20.1. The standard InChI is InChI=1S/C15H15BrN2O2/c1-9-8-12(10-6-4-5-7-11(10)16)18-13(17-9)15(2,3)14(19)20/h4-8H,1-3H3,(H,19,20). The lowest BCUT2D eigenvalue weighted by molar-refractivity contribution is -0.142. The van der Waals surface area contributed by atoms with E-state index in [1.54, 1.807) is 13.8 Å². The molecule has 0 aliphatic rings. The molecule has 1 N–H and O–H groups in total. The van der Waals surface area contributed by atoms with E-state index in [2.05, 4.69) is 25.9 Å². The average Bonchev–Trinajstić information content (AvgIpc) is 2.38. The molecule has 2 aromatic rings. The number of nitrogens with zero attached hydrogens (tertiary/aromatic N) is 2. The van der Waals surface area contributed by atoms with Gasteiger partial charge in [0.05, 0.1) is 5.69 Å². The third-order valence-electron chi connectivity index (χ3n) is 3.10. The van der Waals surface area contributed by atoms with E-state index in [1.165, 1.54) is 0 Å². The maximum Gasteiger partial charge on any atom is 0.316 e. The van der Waals surface area contributed by atoms with E-state index in [4.69, 9.17) is 0 Å². The Bertz CT molecular complexity index is 669. The first-order valence-corrected chi connectivity index (χ1v) is 6.96. The quantitative estimate of drug-likeness (QED) is 0.931. The molecule has 4 nitrogen and oxygen atoms in total. The Kier molecular flexibility index (Phi) is 3.90. The zero-order valence-electron chi connectivity index (χ0n) is 11.5. The van der Waals surface area contributed by atoms with Crippen molar-refractivity contribution in [3.05, 3.63) is 46.3 Å². The van der Waals surface area contributed by atoms with E-state index in [1.807, 2.05) is 37.3 Å². The second kappa shape index (κ2) is 5.32. The molecule has 1 heterocycles. The van der Waals surface area contributed by atoms with Crippen LogP contribution in [0.4, 0.5) is 0 Å². The maximum atomic E-state index is 11.4. The monoisotopic (exact) mass is 334 g/mol. The van der Waals surface area contributed by atoms with E-state index in [-0.39, 0.29) is 0 Å². The summed E-state index contributed by atoms with van der Waals surface area (Å²) < 4.78 is 0.914. The van der Waals surface area contributed by atoms with E-state index in [0.29, 0.717) is 11.5 Å². The van der Waals surface area contributed by atoms with Crippen LogP contribution in [0.1, 0.15) is 25.4 Å². The fraction of sp³-hybridized carbons (Fsp3) is 0.267. The highest BCUT2D eigenvalue weighted by molar-refractivity contribution is 9.10. The summed E-state index contributed by atoms with van der Waals surface area (Å²) in [5, 5.41) is 9.31. The minimum atomic E-state index is -1.12. The van der Waals surface area contributed by atoms with Crippen LogP contribution in [0.2, 0.25) is 0 Å². The number of benzene rings is 1. The van der Waals surface area contributed by atoms with Crippen molar-refractivity contribution in [2.45, 2.75) is 26.2 Å². The minimum absolute atomic E-state index is 0.316. The van der Waals surface area contributed by atoms with Gasteiger partial charge >= 0.3 is 5.97 Å². The Morgan fingerprint density at radius 3 is 2.50 bits per heavy atom. The Labute approximate surface area is 126 Å². The molecule has 0 spiro atoms. The van der Waals surface area contributed by atoms with Gasteiger partial charge in [-0.25, -0.2) is 9.97 Å². The van der Waals surface area contributed by atoms with Crippen molar-refractivity contribution in [3.8, 4) is 11.3 Å². The molecule has 0 fully saturated rings. The number of carbonyl (C=O) groups is 1. The molecule has 0 radical (unpaired) electrons. The number of aryl methyl sites for hydroxylation is 1. The maximum absolute atomic E-state index is 11.4. The number of hydrogen-bond donors (Lipinski definition) is 1. The minimum Gasteiger partial charge on any atom is -0.481 e. The summed E-state index contributed by atoms with van der Waals surface area (Å²) in [7, 11) is 0. The number of rotatable bonds is 3. The van der Waals surface area contributed by atoms with Crippen LogP contribution in [0, 0.1) is 6.92 Å². The van der Waals surface area contributed by atoms with Crippen LogP contribution < -0.4 is 0 Å². The molecule has 104 valence electrons. The lowest BCUT2D eigenvalue weighted by Gasteiger charge is -2.19. The van der Waals surface area contributed by atoms with Crippen LogP contribution in [0.5, 0.6) is 0 Å². The van der Waals surface area contributed by atoms with Crippen LogP contribution >= 0.6 is 15.9 Å². The molecule has 1 aromatic heterocycles. The number of carboxylic acid groups (broad SMARTS) is 1. The molecule has 0 aliphatic heterocycles. The number of halogens is 1. The Hall–Kier alpha value is -1.75. The van der Waals surface area contributed by atoms with E-state index in [9.17, 15) is 9.90 Å². The third-order valence-corrected chi connectivity index (χ3v) is 3.79. The molecule has 0 bridgehead atoms. The van der Waals surface area contributed by atoms with Gasteiger partial charge in [-0.1, -0.05) is 34.1 Å². The Morgan fingerprint density at radius 2 is 1.90 bits per heavy atom. The van der Waals surface area contributed by atoms with Gasteiger partial charge < -0.3 is 5.11 Å². The first-order chi connectivity index (χ1) is 9.32. The van der Waals surface area contributed by atoms with Gasteiger partial charge in [-0.05, 0) is 32.9 Å². The predicted octanol–water partition coefficient (Wildman–Crippen LogP) is 3.58. The zero-order valence-corrected chi connectivity index (χ0v) is 13.1. The van der Waals surface area contributed by atoms with E-state index in [0.717, 1.165) is 15.7 Å². The van der Waals surface area contributed by atoms with Crippen molar-refractivity contribution in [1.29, 1.82) is 0 Å². The second-order valence-electron chi connectivity index (χ2n) is 5.13. The fourth-order valence-electron chi connectivity index (χ4n) is 1.75. The lowest BCUT2D eigenvalue weighted by Crippen LogP contribution is -2.31. The van der Waals surface area contributed by atoms with Crippen molar-refractivity contribution in [2.75, 3.05) is 0 Å². The zero-order chi connectivity index (χ0) is 14.9. The van der Waals surface area contributed by atoms with Crippen molar-refractivity contribution in [3.63, 3.8) is 0 Å². The second-order valence-corrected chi connectivity index (χ2v) is 5.98. The van der Waals surface area contributed by atoms with Crippen LogP contribution in [0.25, 0.3) is 11.3 Å². The summed E-state index contributed by atoms with van der Waals surface area (Å²) in [6, 6.07) is 9.54. The Morgan fingerprint density at radius 1 is 1.25 bits per heavy atom. The molecule has 2 rings (SSSR count). The largest absolute Gasteiger partial charge is 0.481 e. The van der Waals surface area contributed by atoms with E-state index < -0.39 is 11.4 Å². The number of aliphatic carboxylic acids is 1. The molecular formula is C15H15BrN2O2. The first-order valence-electron chi connectivity index (χ1n) is 6.17. The molecule has 1 aromatic carbocycles. The first kappa shape index (κ1) is 14.7. The number of hydrogen-bond acceptors (Lipinski definition) is 3. The van der Waals surface area contributed by atoms with Gasteiger partial charge in [0, 0.05) is 15.7 Å². The van der Waals surface area contributed by atoms with Gasteiger partial charge in [-0.3, -0.25) is 4.79 Å². The predicted molar refractivity (Wildman–Crippen MR) is 80.6 cm³/mol. The van der Waals surface area contributed by atoms with Crippen molar-refractivity contribution < 1.29 is 9.90 Å². The molecule has 0 saturated heterocycles. The molecule has 0 saturated carbocycles. The average molecular weight is 335 g/mol. The van der Waals surface area contributed by atoms with Gasteiger partial charge in [0.2, 0.25) is 0 Å². The molecule has 0 unspecified atom stereocenters. The van der Waals surface area contributed by atoms with Crippen molar-refractivity contribution >= 4 is 21.9 Å². The van der Waals surface area contributed by atoms with Gasteiger partial charge in [-0.2, -0.15) is 0 Å². The highest BCUT2D eigenvalue weighted by Gasteiger charge is 2.33. The van der Waals surface area contributed by atoms with Gasteiger partial charge in [0.25, 0.3) is 0 Å². The van der Waals surface area contributed by atoms with Crippen molar-refractivity contribution in [2.24, 2.45) is 0 Å². The molecule has 5 heteroatoms. The summed E-state index contributed by atoms with van der Waals surface area (Å²) in [5.74, 6) is -0.628. The molecule has 0 amide bonds. The molecule has 0 aliphatic carbocycles. The fourth-order valence-corrected chi connectivity index (χ4v) is 2.24. The normalized spacial score (nSPS) is 11.4. The van der Waals surface area contributed by atoms with Crippen LogP contribution in [-0.4, -0.2) is 21.0 Å². The summed E-state index contributed by atoms with van der Waals surface area (Å²) in [5.41, 5.74) is 1.26. The summed E-state index contributed by atoms with van der Waals surface area (Å²) >= 11 is 3.48.